The predicted octanol–water partition coefficient (Wildman–Crippen LogP) is 5.37. The van der Waals surface area contributed by atoms with Gasteiger partial charge >= 0.3 is 0 Å². The standard InChI is InChI=1S/C22H27N/c1-3-10-19(11-4-1)18-23-17-9-15-21-14-7-8-16-22(21,23)20-12-5-2-6-13-20/h1-6,10-13,21H,7-9,14-18H2/t21-,22+/m0/s1. The van der Waals surface area contributed by atoms with Gasteiger partial charge in [0.05, 0.1) is 0 Å². The Morgan fingerprint density at radius 3 is 2.30 bits per heavy atom. The summed E-state index contributed by atoms with van der Waals surface area (Å²) in [6, 6.07) is 22.4. The maximum atomic E-state index is 2.81. The first kappa shape index (κ1) is 15.0. The van der Waals surface area contributed by atoms with Crippen molar-refractivity contribution in [2.75, 3.05) is 6.54 Å². The van der Waals surface area contributed by atoms with E-state index in [1.54, 1.807) is 5.56 Å². The van der Waals surface area contributed by atoms with Gasteiger partial charge in [0.2, 0.25) is 0 Å². The van der Waals surface area contributed by atoms with E-state index in [2.05, 4.69) is 65.6 Å². The highest BCUT2D eigenvalue weighted by Crippen LogP contribution is 2.51. The molecule has 0 aromatic heterocycles. The number of piperidine rings is 1. The van der Waals surface area contributed by atoms with Gasteiger partial charge < -0.3 is 0 Å². The van der Waals surface area contributed by atoms with E-state index >= 15 is 0 Å². The Labute approximate surface area is 140 Å². The van der Waals surface area contributed by atoms with Gasteiger partial charge in [0.25, 0.3) is 0 Å². The molecule has 0 bridgehead atoms. The molecule has 0 N–H and O–H groups in total. The van der Waals surface area contributed by atoms with Crippen molar-refractivity contribution in [1.82, 2.24) is 4.90 Å². The average Bonchev–Trinajstić information content (AvgIpc) is 2.64. The molecule has 23 heavy (non-hydrogen) atoms. The number of rotatable bonds is 3. The van der Waals surface area contributed by atoms with E-state index in [1.165, 1.54) is 50.6 Å². The molecule has 1 aliphatic carbocycles. The van der Waals surface area contributed by atoms with Gasteiger partial charge in [0, 0.05) is 12.1 Å². The molecule has 1 heterocycles. The second-order valence-corrected chi connectivity index (χ2v) is 7.28. The lowest BCUT2D eigenvalue weighted by Crippen LogP contribution is -2.55. The minimum atomic E-state index is 0.271. The summed E-state index contributed by atoms with van der Waals surface area (Å²) in [5.41, 5.74) is 3.28. The molecule has 1 saturated carbocycles. The van der Waals surface area contributed by atoms with Crippen molar-refractivity contribution in [3.63, 3.8) is 0 Å². The summed E-state index contributed by atoms with van der Waals surface area (Å²) in [5, 5.41) is 0. The quantitative estimate of drug-likeness (QED) is 0.737. The van der Waals surface area contributed by atoms with Crippen LogP contribution in [0.1, 0.15) is 49.7 Å². The van der Waals surface area contributed by atoms with Gasteiger partial charge in [0.1, 0.15) is 0 Å². The fourth-order valence-corrected chi connectivity index (χ4v) is 5.07. The van der Waals surface area contributed by atoms with E-state index in [1.807, 2.05) is 0 Å². The summed E-state index contributed by atoms with van der Waals surface area (Å²) in [5.74, 6) is 0.830. The predicted molar refractivity (Wildman–Crippen MR) is 96.2 cm³/mol. The zero-order valence-electron chi connectivity index (χ0n) is 14.0. The van der Waals surface area contributed by atoms with E-state index in [4.69, 9.17) is 0 Å². The molecule has 1 saturated heterocycles. The molecule has 0 amide bonds. The zero-order valence-corrected chi connectivity index (χ0v) is 14.0. The molecule has 0 spiro atoms. The molecule has 2 fully saturated rings. The van der Waals surface area contributed by atoms with Crippen molar-refractivity contribution in [2.45, 2.75) is 50.6 Å². The number of hydrogen-bond donors (Lipinski definition) is 0. The Balaban J connectivity index is 1.73. The lowest BCUT2D eigenvalue weighted by atomic mass is 9.64. The van der Waals surface area contributed by atoms with Crippen LogP contribution in [0.25, 0.3) is 0 Å². The maximum absolute atomic E-state index is 2.81. The van der Waals surface area contributed by atoms with Gasteiger partial charge in [-0.2, -0.15) is 0 Å². The SMILES string of the molecule is c1ccc(CN2CCC[C@@H]3CCCC[C@@]32c2ccccc2)cc1. The Morgan fingerprint density at radius 2 is 1.52 bits per heavy atom. The first-order valence-corrected chi connectivity index (χ1v) is 9.24. The number of nitrogens with zero attached hydrogens (tertiary/aromatic N) is 1. The van der Waals surface area contributed by atoms with Crippen LogP contribution in [0.4, 0.5) is 0 Å². The van der Waals surface area contributed by atoms with E-state index < -0.39 is 0 Å². The van der Waals surface area contributed by atoms with Gasteiger partial charge in [0.15, 0.2) is 0 Å². The molecule has 4 rings (SSSR count). The summed E-state index contributed by atoms with van der Waals surface area (Å²) >= 11 is 0. The summed E-state index contributed by atoms with van der Waals surface area (Å²) < 4.78 is 0. The average molecular weight is 305 g/mol. The molecular weight excluding hydrogens is 278 g/mol. The van der Waals surface area contributed by atoms with Crippen LogP contribution in [-0.4, -0.2) is 11.4 Å². The molecular formula is C22H27N. The lowest BCUT2D eigenvalue weighted by Gasteiger charge is -2.55. The normalized spacial score (nSPS) is 28.3. The largest absolute Gasteiger partial charge is 0.289 e. The van der Waals surface area contributed by atoms with Crippen molar-refractivity contribution < 1.29 is 0 Å². The van der Waals surface area contributed by atoms with Crippen LogP contribution in [0, 0.1) is 5.92 Å². The third-order valence-corrected chi connectivity index (χ3v) is 6.07. The Kier molecular flexibility index (Phi) is 4.22. The first-order valence-electron chi connectivity index (χ1n) is 9.24. The number of hydrogen-bond acceptors (Lipinski definition) is 1. The minimum Gasteiger partial charge on any atom is -0.289 e. The van der Waals surface area contributed by atoms with Gasteiger partial charge in [-0.05, 0) is 49.3 Å². The third kappa shape index (κ3) is 2.72. The fraction of sp³-hybridized carbons (Fsp3) is 0.455. The molecule has 120 valence electrons. The van der Waals surface area contributed by atoms with E-state index in [9.17, 15) is 0 Å². The molecule has 0 radical (unpaired) electrons. The van der Waals surface area contributed by atoms with E-state index in [0.29, 0.717) is 0 Å². The van der Waals surface area contributed by atoms with Gasteiger partial charge in [-0.25, -0.2) is 0 Å². The van der Waals surface area contributed by atoms with Crippen LogP contribution in [0.5, 0.6) is 0 Å². The molecule has 2 aliphatic rings. The second-order valence-electron chi connectivity index (χ2n) is 7.28. The van der Waals surface area contributed by atoms with Crippen LogP contribution in [0.2, 0.25) is 0 Å². The van der Waals surface area contributed by atoms with Crippen LogP contribution in [0.15, 0.2) is 60.7 Å². The molecule has 2 aromatic carbocycles. The highest BCUT2D eigenvalue weighted by atomic mass is 15.2. The highest BCUT2D eigenvalue weighted by molar-refractivity contribution is 5.28. The van der Waals surface area contributed by atoms with Gasteiger partial charge in [-0.3, -0.25) is 4.90 Å². The van der Waals surface area contributed by atoms with Crippen molar-refractivity contribution >= 4 is 0 Å². The van der Waals surface area contributed by atoms with Crippen molar-refractivity contribution in [1.29, 1.82) is 0 Å². The summed E-state index contributed by atoms with van der Waals surface area (Å²) in [4.78, 5) is 2.81. The molecule has 2 aromatic rings. The fourth-order valence-electron chi connectivity index (χ4n) is 5.07. The van der Waals surface area contributed by atoms with Crippen LogP contribution in [0.3, 0.4) is 0 Å². The van der Waals surface area contributed by atoms with Gasteiger partial charge in [-0.15, -0.1) is 0 Å². The molecule has 2 atom stereocenters. The Morgan fingerprint density at radius 1 is 0.826 bits per heavy atom. The topological polar surface area (TPSA) is 3.24 Å². The lowest BCUT2D eigenvalue weighted by molar-refractivity contribution is -0.0455. The summed E-state index contributed by atoms with van der Waals surface area (Å²) in [6.45, 7) is 2.33. The zero-order chi connectivity index (χ0) is 15.5. The maximum Gasteiger partial charge on any atom is 0.0492 e. The molecule has 1 aliphatic heterocycles. The van der Waals surface area contributed by atoms with E-state index in [0.717, 1.165) is 12.5 Å². The highest BCUT2D eigenvalue weighted by Gasteiger charge is 2.48. The molecule has 0 unspecified atom stereocenters. The summed E-state index contributed by atoms with van der Waals surface area (Å²) in [6.07, 6.45) is 8.27. The Bertz CT molecular complexity index is 619. The number of benzene rings is 2. The number of likely N-dealkylation sites (tertiary alicyclic amines) is 1. The summed E-state index contributed by atoms with van der Waals surface area (Å²) in [7, 11) is 0. The van der Waals surface area contributed by atoms with Crippen molar-refractivity contribution in [3.8, 4) is 0 Å². The molecule has 1 nitrogen and oxygen atoms in total. The van der Waals surface area contributed by atoms with E-state index in [-0.39, 0.29) is 5.54 Å². The monoisotopic (exact) mass is 305 g/mol. The van der Waals surface area contributed by atoms with Crippen molar-refractivity contribution in [2.24, 2.45) is 5.92 Å². The Hall–Kier alpha value is -1.60. The second kappa shape index (κ2) is 6.49. The first-order chi connectivity index (χ1) is 11.4. The smallest absolute Gasteiger partial charge is 0.0492 e. The van der Waals surface area contributed by atoms with Crippen LogP contribution >= 0.6 is 0 Å². The minimum absolute atomic E-state index is 0.271. The van der Waals surface area contributed by atoms with Crippen LogP contribution < -0.4 is 0 Å². The van der Waals surface area contributed by atoms with Crippen molar-refractivity contribution in [3.05, 3.63) is 71.8 Å². The molecule has 1 heteroatoms. The van der Waals surface area contributed by atoms with Crippen LogP contribution in [-0.2, 0) is 12.1 Å². The third-order valence-electron chi connectivity index (χ3n) is 6.07. The number of fused-ring (bicyclic) bond motifs is 1. The van der Waals surface area contributed by atoms with Gasteiger partial charge in [-0.1, -0.05) is 73.5 Å².